The average molecular weight is 180 g/mol. The second-order valence-electron chi connectivity index (χ2n) is 2.41. The standard InChI is InChI=1S/C9H12N2O2/c1-10-11-6-7-3-4-8(12)5-9(7)13-2/h3-6,10,12H,1-2H3/b11-6+. The van der Waals surface area contributed by atoms with Crippen LogP contribution in [-0.2, 0) is 0 Å². The van der Waals surface area contributed by atoms with Crippen LogP contribution >= 0.6 is 0 Å². The number of hydrogen-bond donors (Lipinski definition) is 2. The smallest absolute Gasteiger partial charge is 0.131 e. The van der Waals surface area contributed by atoms with Crippen molar-refractivity contribution >= 4 is 6.21 Å². The van der Waals surface area contributed by atoms with E-state index >= 15 is 0 Å². The number of aromatic hydroxyl groups is 1. The molecule has 4 nitrogen and oxygen atoms in total. The maximum atomic E-state index is 9.15. The molecule has 0 unspecified atom stereocenters. The van der Waals surface area contributed by atoms with E-state index in [1.54, 1.807) is 32.5 Å². The van der Waals surface area contributed by atoms with Crippen molar-refractivity contribution < 1.29 is 9.84 Å². The number of ether oxygens (including phenoxy) is 1. The molecule has 1 rings (SSSR count). The molecule has 0 spiro atoms. The summed E-state index contributed by atoms with van der Waals surface area (Å²) in [4.78, 5) is 0. The van der Waals surface area contributed by atoms with E-state index in [4.69, 9.17) is 9.84 Å². The minimum Gasteiger partial charge on any atom is -0.508 e. The summed E-state index contributed by atoms with van der Waals surface area (Å²) in [6, 6.07) is 4.85. The Morgan fingerprint density at radius 3 is 2.92 bits per heavy atom. The summed E-state index contributed by atoms with van der Waals surface area (Å²) in [5, 5.41) is 13.0. The zero-order valence-corrected chi connectivity index (χ0v) is 7.61. The number of nitrogens with one attached hydrogen (secondary N) is 1. The number of hydrogen-bond acceptors (Lipinski definition) is 4. The summed E-state index contributed by atoms with van der Waals surface area (Å²) in [5.74, 6) is 0.775. The number of methoxy groups -OCH3 is 1. The van der Waals surface area contributed by atoms with Gasteiger partial charge in [0.1, 0.15) is 11.5 Å². The lowest BCUT2D eigenvalue weighted by molar-refractivity contribution is 0.407. The summed E-state index contributed by atoms with van der Waals surface area (Å²) >= 11 is 0. The first-order valence-corrected chi connectivity index (χ1v) is 3.84. The molecule has 0 radical (unpaired) electrons. The fraction of sp³-hybridized carbons (Fsp3) is 0.222. The fourth-order valence-corrected chi connectivity index (χ4v) is 0.941. The molecule has 0 amide bonds. The van der Waals surface area contributed by atoms with Crippen LogP contribution in [0.25, 0.3) is 0 Å². The molecule has 0 aromatic heterocycles. The van der Waals surface area contributed by atoms with Crippen LogP contribution in [0.2, 0.25) is 0 Å². The van der Waals surface area contributed by atoms with Crippen LogP contribution < -0.4 is 10.2 Å². The highest BCUT2D eigenvalue weighted by Gasteiger charge is 2.00. The maximum Gasteiger partial charge on any atom is 0.131 e. The van der Waals surface area contributed by atoms with Gasteiger partial charge in [-0.25, -0.2) is 0 Å². The number of benzene rings is 1. The van der Waals surface area contributed by atoms with Gasteiger partial charge >= 0.3 is 0 Å². The van der Waals surface area contributed by atoms with Crippen molar-refractivity contribution in [3.63, 3.8) is 0 Å². The number of rotatable bonds is 3. The first kappa shape index (κ1) is 9.38. The number of hydrazone groups is 1. The molecule has 4 heteroatoms. The molecule has 1 aromatic carbocycles. The van der Waals surface area contributed by atoms with Crippen molar-refractivity contribution in [2.75, 3.05) is 14.2 Å². The van der Waals surface area contributed by atoms with E-state index in [2.05, 4.69) is 10.5 Å². The molecule has 0 aliphatic rings. The SMILES string of the molecule is CN/N=C/c1ccc(O)cc1OC. The van der Waals surface area contributed by atoms with Crippen LogP contribution in [0.4, 0.5) is 0 Å². The van der Waals surface area contributed by atoms with Gasteiger partial charge in [-0.05, 0) is 12.1 Å². The van der Waals surface area contributed by atoms with E-state index in [0.29, 0.717) is 5.75 Å². The summed E-state index contributed by atoms with van der Waals surface area (Å²) < 4.78 is 5.04. The normalized spacial score (nSPS) is 10.3. The molecule has 0 aliphatic carbocycles. The van der Waals surface area contributed by atoms with Crippen molar-refractivity contribution in [1.29, 1.82) is 0 Å². The van der Waals surface area contributed by atoms with E-state index in [1.165, 1.54) is 6.07 Å². The molecule has 70 valence electrons. The van der Waals surface area contributed by atoms with Crippen LogP contribution in [0.3, 0.4) is 0 Å². The highest BCUT2D eigenvalue weighted by Crippen LogP contribution is 2.21. The molecule has 0 saturated carbocycles. The summed E-state index contributed by atoms with van der Waals surface area (Å²) in [6.45, 7) is 0. The van der Waals surface area contributed by atoms with Crippen LogP contribution in [-0.4, -0.2) is 25.5 Å². The van der Waals surface area contributed by atoms with Crippen LogP contribution in [0.5, 0.6) is 11.5 Å². The Bertz CT molecular complexity index is 310. The van der Waals surface area contributed by atoms with Crippen LogP contribution in [0, 0.1) is 0 Å². The average Bonchev–Trinajstić information content (AvgIpc) is 2.16. The largest absolute Gasteiger partial charge is 0.508 e. The molecule has 13 heavy (non-hydrogen) atoms. The van der Waals surface area contributed by atoms with Gasteiger partial charge in [0, 0.05) is 18.7 Å². The lowest BCUT2D eigenvalue weighted by Crippen LogP contribution is -1.96. The molecule has 0 heterocycles. The molecule has 0 saturated heterocycles. The van der Waals surface area contributed by atoms with Crippen LogP contribution in [0.1, 0.15) is 5.56 Å². The minimum absolute atomic E-state index is 0.179. The molecule has 2 N–H and O–H groups in total. The maximum absolute atomic E-state index is 9.15. The van der Waals surface area contributed by atoms with Gasteiger partial charge in [-0.15, -0.1) is 0 Å². The lowest BCUT2D eigenvalue weighted by atomic mass is 10.2. The van der Waals surface area contributed by atoms with Crippen molar-refractivity contribution in [2.24, 2.45) is 5.10 Å². The topological polar surface area (TPSA) is 53.9 Å². The zero-order valence-electron chi connectivity index (χ0n) is 7.61. The number of phenolic OH excluding ortho intramolecular Hbond substituents is 1. The Kier molecular flexibility index (Phi) is 3.14. The van der Waals surface area contributed by atoms with Crippen molar-refractivity contribution in [3.8, 4) is 11.5 Å². The predicted octanol–water partition coefficient (Wildman–Crippen LogP) is 0.954. The third-order valence-corrected chi connectivity index (χ3v) is 1.55. The van der Waals surface area contributed by atoms with Gasteiger partial charge in [0.05, 0.1) is 13.3 Å². The molecule has 0 fully saturated rings. The summed E-state index contributed by atoms with van der Waals surface area (Å²) in [7, 11) is 3.26. The Labute approximate surface area is 76.8 Å². The van der Waals surface area contributed by atoms with Crippen molar-refractivity contribution in [3.05, 3.63) is 23.8 Å². The van der Waals surface area contributed by atoms with Gasteiger partial charge in [0.15, 0.2) is 0 Å². The van der Waals surface area contributed by atoms with Gasteiger partial charge in [-0.2, -0.15) is 5.10 Å². The van der Waals surface area contributed by atoms with Crippen molar-refractivity contribution in [2.45, 2.75) is 0 Å². The van der Waals surface area contributed by atoms with Crippen molar-refractivity contribution in [1.82, 2.24) is 5.43 Å². The first-order valence-electron chi connectivity index (χ1n) is 3.84. The Balaban J connectivity index is 2.99. The highest BCUT2D eigenvalue weighted by atomic mass is 16.5. The third-order valence-electron chi connectivity index (χ3n) is 1.55. The van der Waals surface area contributed by atoms with Gasteiger partial charge in [0.2, 0.25) is 0 Å². The summed E-state index contributed by atoms with van der Waals surface area (Å²) in [6.07, 6.45) is 1.62. The second-order valence-corrected chi connectivity index (χ2v) is 2.41. The van der Waals surface area contributed by atoms with Crippen LogP contribution in [0.15, 0.2) is 23.3 Å². The van der Waals surface area contributed by atoms with E-state index in [-0.39, 0.29) is 5.75 Å². The Hall–Kier alpha value is -1.71. The van der Waals surface area contributed by atoms with Gasteiger partial charge in [-0.3, -0.25) is 0 Å². The zero-order chi connectivity index (χ0) is 9.68. The number of phenols is 1. The van der Waals surface area contributed by atoms with E-state index in [9.17, 15) is 0 Å². The first-order chi connectivity index (χ1) is 6.27. The van der Waals surface area contributed by atoms with E-state index in [0.717, 1.165) is 5.56 Å². The minimum atomic E-state index is 0.179. The monoisotopic (exact) mass is 180 g/mol. The summed E-state index contributed by atoms with van der Waals surface area (Å²) in [5.41, 5.74) is 3.45. The highest BCUT2D eigenvalue weighted by molar-refractivity contribution is 5.83. The van der Waals surface area contributed by atoms with Gasteiger partial charge in [-0.1, -0.05) is 0 Å². The lowest BCUT2D eigenvalue weighted by Gasteiger charge is -2.03. The molecule has 1 aromatic rings. The molecule has 0 bridgehead atoms. The second kappa shape index (κ2) is 4.35. The van der Waals surface area contributed by atoms with Gasteiger partial charge < -0.3 is 15.3 Å². The molecule has 0 aliphatic heterocycles. The fourth-order valence-electron chi connectivity index (χ4n) is 0.941. The molecule has 0 atom stereocenters. The number of nitrogens with zero attached hydrogens (tertiary/aromatic N) is 1. The predicted molar refractivity (Wildman–Crippen MR) is 51.3 cm³/mol. The quantitative estimate of drug-likeness (QED) is 0.538. The third kappa shape index (κ3) is 2.37. The molecular formula is C9H12N2O2. The van der Waals surface area contributed by atoms with E-state index < -0.39 is 0 Å². The Morgan fingerprint density at radius 1 is 1.54 bits per heavy atom. The van der Waals surface area contributed by atoms with E-state index in [1.807, 2.05) is 0 Å². The van der Waals surface area contributed by atoms with Gasteiger partial charge in [0.25, 0.3) is 0 Å². The Morgan fingerprint density at radius 2 is 2.31 bits per heavy atom. The molecular weight excluding hydrogens is 168 g/mol.